The summed E-state index contributed by atoms with van der Waals surface area (Å²) in [6, 6.07) is 15.8. The predicted octanol–water partition coefficient (Wildman–Crippen LogP) is 6.26. The van der Waals surface area contributed by atoms with Crippen LogP contribution < -0.4 is 14.4 Å². The van der Waals surface area contributed by atoms with E-state index in [-0.39, 0.29) is 17.4 Å². The number of nitrogens with zero attached hydrogens (tertiary/aromatic N) is 2. The van der Waals surface area contributed by atoms with E-state index in [9.17, 15) is 14.7 Å². The zero-order valence-electron chi connectivity index (χ0n) is 22.1. The number of aliphatic hydroxyl groups excluding tert-OH is 1. The van der Waals surface area contributed by atoms with Crippen LogP contribution in [0.25, 0.3) is 16.0 Å². The number of anilines is 1. The van der Waals surface area contributed by atoms with E-state index < -0.39 is 17.7 Å². The molecule has 3 heterocycles. The maximum absolute atomic E-state index is 13.6. The summed E-state index contributed by atoms with van der Waals surface area (Å²) in [5.74, 6) is -0.240. The van der Waals surface area contributed by atoms with E-state index in [0.29, 0.717) is 35.0 Å². The van der Waals surface area contributed by atoms with Crippen LogP contribution in [0.3, 0.4) is 0 Å². The Hall–Kier alpha value is -4.17. The lowest BCUT2D eigenvalue weighted by Crippen LogP contribution is -2.29. The monoisotopic (exact) mass is 540 g/mol. The summed E-state index contributed by atoms with van der Waals surface area (Å²) in [6.07, 6.45) is 0.746. The van der Waals surface area contributed by atoms with Crippen LogP contribution in [0.15, 0.2) is 60.2 Å². The molecular weight excluding hydrogens is 512 g/mol. The normalized spacial score (nSPS) is 19.9. The summed E-state index contributed by atoms with van der Waals surface area (Å²) in [5.41, 5.74) is 5.01. The Morgan fingerprint density at radius 3 is 2.64 bits per heavy atom. The Balaban J connectivity index is 1.53. The van der Waals surface area contributed by atoms with E-state index in [0.717, 1.165) is 32.7 Å². The number of aromatic nitrogens is 1. The number of carbonyl (C=O) groups excluding carboxylic acids is 2. The van der Waals surface area contributed by atoms with Crippen LogP contribution in [-0.2, 0) is 16.0 Å². The molecule has 1 saturated heterocycles. The molecule has 1 amide bonds. The van der Waals surface area contributed by atoms with Gasteiger partial charge in [-0.05, 0) is 86.3 Å². The maximum Gasteiger partial charge on any atom is 0.301 e. The van der Waals surface area contributed by atoms with Gasteiger partial charge in [0.15, 0.2) is 5.13 Å². The lowest BCUT2D eigenvalue weighted by molar-refractivity contribution is -0.132. The molecule has 39 heavy (non-hydrogen) atoms. The van der Waals surface area contributed by atoms with Gasteiger partial charge in [0.2, 0.25) is 0 Å². The van der Waals surface area contributed by atoms with Crippen molar-refractivity contribution in [1.82, 2.24) is 4.98 Å². The predicted molar refractivity (Wildman–Crippen MR) is 152 cm³/mol. The van der Waals surface area contributed by atoms with Crippen LogP contribution in [0, 0.1) is 13.8 Å². The van der Waals surface area contributed by atoms with Crippen molar-refractivity contribution in [3.05, 3.63) is 88.0 Å². The number of hydrogen-bond acceptors (Lipinski definition) is 7. The summed E-state index contributed by atoms with van der Waals surface area (Å²) < 4.78 is 12.3. The molecule has 2 aliphatic rings. The van der Waals surface area contributed by atoms with E-state index in [4.69, 9.17) is 14.5 Å². The largest absolute Gasteiger partial charge is 0.507 e. The van der Waals surface area contributed by atoms with Crippen molar-refractivity contribution in [3.63, 3.8) is 0 Å². The zero-order chi connectivity index (χ0) is 27.4. The van der Waals surface area contributed by atoms with Crippen molar-refractivity contribution >= 4 is 44.1 Å². The Labute approximate surface area is 230 Å². The average molecular weight is 541 g/mol. The number of carbonyl (C=O) groups is 2. The maximum atomic E-state index is 13.6. The van der Waals surface area contributed by atoms with Crippen molar-refractivity contribution in [2.45, 2.75) is 46.3 Å². The first-order valence-electron chi connectivity index (χ1n) is 13.0. The van der Waals surface area contributed by atoms with Gasteiger partial charge >= 0.3 is 5.91 Å². The Bertz CT molecular complexity index is 1670. The van der Waals surface area contributed by atoms with Gasteiger partial charge in [-0.2, -0.15) is 0 Å². The van der Waals surface area contributed by atoms with Crippen molar-refractivity contribution in [3.8, 4) is 11.5 Å². The average Bonchev–Trinajstić information content (AvgIpc) is 3.57. The molecule has 0 aliphatic carbocycles. The highest BCUT2D eigenvalue weighted by Gasteiger charge is 2.48. The number of benzene rings is 3. The number of Topliss-reactive ketones (excluding diaryl/α,β-unsaturated/α-hetero) is 1. The smallest absolute Gasteiger partial charge is 0.301 e. The van der Waals surface area contributed by atoms with E-state index >= 15 is 0 Å². The summed E-state index contributed by atoms with van der Waals surface area (Å²) in [4.78, 5) is 33.4. The molecule has 2 aliphatic heterocycles. The Morgan fingerprint density at radius 1 is 1.13 bits per heavy atom. The summed E-state index contributed by atoms with van der Waals surface area (Å²) >= 11 is 1.36. The molecule has 198 valence electrons. The number of ether oxygens (including phenoxy) is 2. The second-order valence-electron chi connectivity index (χ2n) is 10.1. The third-order valence-corrected chi connectivity index (χ3v) is 8.15. The van der Waals surface area contributed by atoms with Gasteiger partial charge < -0.3 is 14.6 Å². The molecule has 1 aromatic heterocycles. The summed E-state index contributed by atoms with van der Waals surface area (Å²) in [7, 11) is 0. The lowest BCUT2D eigenvalue weighted by atomic mass is 9.94. The minimum absolute atomic E-state index is 0.0308. The first-order chi connectivity index (χ1) is 18.7. The van der Waals surface area contributed by atoms with Gasteiger partial charge in [0.1, 0.15) is 23.4 Å². The van der Waals surface area contributed by atoms with Crippen LogP contribution >= 0.6 is 11.3 Å². The third-order valence-electron chi connectivity index (χ3n) is 7.15. The van der Waals surface area contributed by atoms with Gasteiger partial charge in [0.05, 0.1) is 28.4 Å². The standard InChI is InChI=1S/C31H28N2O5S/c1-5-37-22-9-6-19(7-10-22)27-25(28(34)20-8-11-23-21(15-20)14-18(4)38-23)29(35)30(36)33(27)31-32-26-17(3)12-16(2)13-24(26)39-31/h6-13,15,18,27,34H,5,14H2,1-4H3/t18-,27+/m1/s1. The number of aliphatic hydroxyl groups is 1. The zero-order valence-corrected chi connectivity index (χ0v) is 23.0. The fourth-order valence-corrected chi connectivity index (χ4v) is 6.61. The van der Waals surface area contributed by atoms with E-state index in [1.54, 1.807) is 24.3 Å². The molecule has 0 spiro atoms. The fourth-order valence-electron chi connectivity index (χ4n) is 5.45. The highest BCUT2D eigenvalue weighted by Crippen LogP contribution is 2.45. The van der Waals surface area contributed by atoms with Gasteiger partial charge in [-0.1, -0.05) is 29.5 Å². The second kappa shape index (κ2) is 9.54. The van der Waals surface area contributed by atoms with Crippen molar-refractivity contribution in [2.75, 3.05) is 11.5 Å². The minimum atomic E-state index is -0.855. The molecule has 0 unspecified atom stereocenters. The molecule has 2 atom stereocenters. The fraction of sp³-hybridized carbons (Fsp3) is 0.258. The second-order valence-corrected chi connectivity index (χ2v) is 11.1. The van der Waals surface area contributed by atoms with E-state index in [2.05, 4.69) is 0 Å². The number of ketones is 1. The Morgan fingerprint density at radius 2 is 1.90 bits per heavy atom. The van der Waals surface area contributed by atoms with Crippen LogP contribution in [-0.4, -0.2) is 34.5 Å². The van der Waals surface area contributed by atoms with Crippen molar-refractivity contribution in [2.24, 2.45) is 0 Å². The number of aryl methyl sites for hydroxylation is 2. The third kappa shape index (κ3) is 4.25. The molecule has 0 bridgehead atoms. The molecule has 8 heteroatoms. The summed E-state index contributed by atoms with van der Waals surface area (Å²) in [5, 5.41) is 12.0. The highest BCUT2D eigenvalue weighted by atomic mass is 32.1. The van der Waals surface area contributed by atoms with Gasteiger partial charge in [-0.3, -0.25) is 14.5 Å². The number of amides is 1. The minimum Gasteiger partial charge on any atom is -0.507 e. The van der Waals surface area contributed by atoms with Gasteiger partial charge in [0, 0.05) is 12.0 Å². The molecule has 1 fully saturated rings. The van der Waals surface area contributed by atoms with Crippen molar-refractivity contribution < 1.29 is 24.2 Å². The number of thiazole rings is 1. The first kappa shape index (κ1) is 25.1. The molecular formula is C31H28N2O5S. The van der Waals surface area contributed by atoms with Gasteiger partial charge in [0.25, 0.3) is 5.78 Å². The first-order valence-corrected chi connectivity index (χ1v) is 13.8. The number of rotatable bonds is 5. The van der Waals surface area contributed by atoms with E-state index in [1.807, 2.05) is 58.0 Å². The van der Waals surface area contributed by atoms with Crippen LogP contribution in [0.2, 0.25) is 0 Å². The van der Waals surface area contributed by atoms with Crippen molar-refractivity contribution in [1.29, 1.82) is 0 Å². The molecule has 6 rings (SSSR count). The lowest BCUT2D eigenvalue weighted by Gasteiger charge is -2.23. The quantitative estimate of drug-likeness (QED) is 0.183. The molecule has 7 nitrogen and oxygen atoms in total. The SMILES string of the molecule is CCOc1ccc([C@H]2C(=C(O)c3ccc4c(c3)C[C@@H](C)O4)C(=O)C(=O)N2c2nc3c(C)cc(C)cc3s2)cc1. The highest BCUT2D eigenvalue weighted by molar-refractivity contribution is 7.22. The molecule has 0 radical (unpaired) electrons. The number of hydrogen-bond donors (Lipinski definition) is 1. The topological polar surface area (TPSA) is 89.0 Å². The Kier molecular flexibility index (Phi) is 6.14. The van der Waals surface area contributed by atoms with Gasteiger partial charge in [-0.15, -0.1) is 0 Å². The molecule has 1 N–H and O–H groups in total. The molecule has 4 aromatic rings. The van der Waals surface area contributed by atoms with Crippen LogP contribution in [0.5, 0.6) is 11.5 Å². The molecule has 0 saturated carbocycles. The van der Waals surface area contributed by atoms with Gasteiger partial charge in [-0.25, -0.2) is 4.98 Å². The summed E-state index contributed by atoms with van der Waals surface area (Å²) in [6.45, 7) is 8.40. The van der Waals surface area contributed by atoms with Crippen LogP contribution in [0.4, 0.5) is 5.13 Å². The van der Waals surface area contributed by atoms with Crippen LogP contribution in [0.1, 0.15) is 47.7 Å². The van der Waals surface area contributed by atoms with E-state index in [1.165, 1.54) is 16.2 Å². The molecule has 3 aromatic carbocycles. The number of fused-ring (bicyclic) bond motifs is 2.